The van der Waals surface area contributed by atoms with Crippen molar-refractivity contribution < 1.29 is 9.32 Å². The van der Waals surface area contributed by atoms with Gasteiger partial charge in [0.1, 0.15) is 0 Å². The fourth-order valence-corrected chi connectivity index (χ4v) is 3.59. The van der Waals surface area contributed by atoms with E-state index in [1.54, 1.807) is 4.90 Å². The molecule has 1 aromatic heterocycles. The van der Waals surface area contributed by atoms with E-state index in [2.05, 4.69) is 26.1 Å². The number of hydrogen-bond acceptors (Lipinski definition) is 4. The van der Waals surface area contributed by atoms with Crippen LogP contribution in [0.3, 0.4) is 0 Å². The predicted octanol–water partition coefficient (Wildman–Crippen LogP) is 4.98. The topological polar surface area (TPSA) is 59.2 Å². The van der Waals surface area contributed by atoms with Gasteiger partial charge < -0.3 is 9.42 Å². The lowest BCUT2D eigenvalue weighted by Crippen LogP contribution is -2.24. The number of carbonyl (C=O) groups is 1. The van der Waals surface area contributed by atoms with Crippen LogP contribution >= 0.6 is 27.5 Å². The Balaban J connectivity index is 1.56. The van der Waals surface area contributed by atoms with E-state index in [1.807, 2.05) is 49.4 Å². The summed E-state index contributed by atoms with van der Waals surface area (Å²) in [5, 5.41) is 4.71. The van der Waals surface area contributed by atoms with Crippen molar-refractivity contribution >= 4 is 39.1 Å². The molecule has 1 fully saturated rings. The molecule has 0 saturated carbocycles. The number of carbonyl (C=O) groups excluding carboxylic acids is 1. The van der Waals surface area contributed by atoms with E-state index in [1.165, 1.54) is 0 Å². The zero-order valence-electron chi connectivity index (χ0n) is 13.9. The van der Waals surface area contributed by atoms with Crippen LogP contribution in [0.2, 0.25) is 5.02 Å². The fraction of sp³-hybridized carbons (Fsp3) is 0.211. The number of aryl methyl sites for hydroxylation is 1. The van der Waals surface area contributed by atoms with Crippen molar-refractivity contribution in [2.24, 2.45) is 0 Å². The van der Waals surface area contributed by atoms with Crippen molar-refractivity contribution in [1.29, 1.82) is 0 Å². The molecule has 4 rings (SSSR count). The average molecular weight is 433 g/mol. The number of nitrogens with zero attached hydrogens (tertiary/aromatic N) is 3. The van der Waals surface area contributed by atoms with Crippen LogP contribution in [0.1, 0.15) is 23.8 Å². The van der Waals surface area contributed by atoms with Crippen molar-refractivity contribution in [1.82, 2.24) is 10.1 Å². The zero-order chi connectivity index (χ0) is 18.3. The van der Waals surface area contributed by atoms with Gasteiger partial charge in [-0.05, 0) is 36.8 Å². The Morgan fingerprint density at radius 3 is 2.88 bits per heavy atom. The fourth-order valence-electron chi connectivity index (χ4n) is 3.02. The Morgan fingerprint density at radius 2 is 2.12 bits per heavy atom. The smallest absolute Gasteiger partial charge is 0.232 e. The first kappa shape index (κ1) is 17.2. The molecule has 1 unspecified atom stereocenters. The van der Waals surface area contributed by atoms with Gasteiger partial charge in [-0.3, -0.25) is 4.79 Å². The molecule has 5 nitrogen and oxygen atoms in total. The zero-order valence-corrected chi connectivity index (χ0v) is 16.3. The number of amides is 1. The summed E-state index contributed by atoms with van der Waals surface area (Å²) in [7, 11) is 0. The lowest BCUT2D eigenvalue weighted by atomic mass is 10.1. The van der Waals surface area contributed by atoms with E-state index < -0.39 is 0 Å². The highest BCUT2D eigenvalue weighted by Gasteiger charge is 2.35. The van der Waals surface area contributed by atoms with Crippen LogP contribution in [-0.2, 0) is 4.79 Å². The minimum absolute atomic E-state index is 0.0251. The van der Waals surface area contributed by atoms with E-state index in [9.17, 15) is 4.79 Å². The molecule has 2 aromatic carbocycles. The van der Waals surface area contributed by atoms with Gasteiger partial charge in [-0.15, -0.1) is 0 Å². The molecule has 0 spiro atoms. The monoisotopic (exact) mass is 431 g/mol. The van der Waals surface area contributed by atoms with Crippen LogP contribution in [0.15, 0.2) is 51.5 Å². The maximum absolute atomic E-state index is 12.5. The summed E-state index contributed by atoms with van der Waals surface area (Å²) in [5.74, 6) is 0.896. The highest BCUT2D eigenvalue weighted by Crippen LogP contribution is 2.33. The second-order valence-electron chi connectivity index (χ2n) is 6.31. The van der Waals surface area contributed by atoms with Gasteiger partial charge in [-0.25, -0.2) is 0 Å². The lowest BCUT2D eigenvalue weighted by Gasteiger charge is -2.17. The molecule has 0 bridgehead atoms. The summed E-state index contributed by atoms with van der Waals surface area (Å²) in [5.41, 5.74) is 2.63. The summed E-state index contributed by atoms with van der Waals surface area (Å²) >= 11 is 9.63. The van der Waals surface area contributed by atoms with E-state index in [-0.39, 0.29) is 11.8 Å². The van der Waals surface area contributed by atoms with Gasteiger partial charge in [0.15, 0.2) is 0 Å². The second kappa shape index (κ2) is 6.85. The Bertz CT molecular complexity index is 988. The molecule has 132 valence electrons. The summed E-state index contributed by atoms with van der Waals surface area (Å²) in [4.78, 5) is 18.7. The molecule has 1 aliphatic heterocycles. The Hall–Kier alpha value is -2.18. The molecular formula is C19H15BrClN3O2. The minimum atomic E-state index is -0.129. The Kier molecular flexibility index (Phi) is 4.54. The largest absolute Gasteiger partial charge is 0.339 e. The van der Waals surface area contributed by atoms with Crippen LogP contribution < -0.4 is 4.90 Å². The lowest BCUT2D eigenvalue weighted by molar-refractivity contribution is -0.117. The van der Waals surface area contributed by atoms with Crippen molar-refractivity contribution in [2.45, 2.75) is 19.3 Å². The van der Waals surface area contributed by atoms with Crippen molar-refractivity contribution in [3.63, 3.8) is 0 Å². The summed E-state index contributed by atoms with van der Waals surface area (Å²) in [6, 6.07) is 13.3. The molecule has 1 aliphatic rings. The molecule has 1 atom stereocenters. The third-order valence-corrected chi connectivity index (χ3v) is 5.37. The maximum Gasteiger partial charge on any atom is 0.232 e. The standard InChI is InChI=1S/C19H15BrClN3O2/c1-11-5-6-15(9-16(11)21)24-10-13(8-17(24)25)19-22-18(23-26-19)12-3-2-4-14(20)7-12/h2-7,9,13H,8,10H2,1H3. The number of halogens is 2. The van der Waals surface area contributed by atoms with Crippen molar-refractivity contribution in [2.75, 3.05) is 11.4 Å². The van der Waals surface area contributed by atoms with Crippen LogP contribution in [0, 0.1) is 6.92 Å². The molecule has 0 radical (unpaired) electrons. The maximum atomic E-state index is 12.5. The van der Waals surface area contributed by atoms with Gasteiger partial charge in [0.2, 0.25) is 17.6 Å². The molecular weight excluding hydrogens is 418 g/mol. The van der Waals surface area contributed by atoms with Crippen LogP contribution in [0.5, 0.6) is 0 Å². The summed E-state index contributed by atoms with van der Waals surface area (Å²) in [6.45, 7) is 2.43. The number of rotatable bonds is 3. The molecule has 2 heterocycles. The van der Waals surface area contributed by atoms with Crippen LogP contribution in [-0.4, -0.2) is 22.6 Å². The number of benzene rings is 2. The van der Waals surface area contributed by atoms with E-state index in [0.717, 1.165) is 21.3 Å². The Labute approximate surface area is 164 Å². The average Bonchev–Trinajstić information content (AvgIpc) is 3.24. The summed E-state index contributed by atoms with van der Waals surface area (Å²) < 4.78 is 6.38. The van der Waals surface area contributed by atoms with Gasteiger partial charge in [-0.1, -0.05) is 50.9 Å². The van der Waals surface area contributed by atoms with E-state index >= 15 is 0 Å². The molecule has 7 heteroatoms. The normalized spacial score (nSPS) is 17.1. The Morgan fingerprint density at radius 1 is 1.27 bits per heavy atom. The third-order valence-electron chi connectivity index (χ3n) is 4.47. The minimum Gasteiger partial charge on any atom is -0.339 e. The number of aromatic nitrogens is 2. The highest BCUT2D eigenvalue weighted by atomic mass is 79.9. The molecule has 3 aromatic rings. The molecule has 1 saturated heterocycles. The summed E-state index contributed by atoms with van der Waals surface area (Å²) in [6.07, 6.45) is 0.339. The predicted molar refractivity (Wildman–Crippen MR) is 103 cm³/mol. The molecule has 1 amide bonds. The molecule has 0 aliphatic carbocycles. The second-order valence-corrected chi connectivity index (χ2v) is 7.63. The van der Waals surface area contributed by atoms with Gasteiger partial charge in [-0.2, -0.15) is 4.98 Å². The first-order valence-electron chi connectivity index (χ1n) is 8.17. The first-order chi connectivity index (χ1) is 12.5. The molecule has 26 heavy (non-hydrogen) atoms. The van der Waals surface area contributed by atoms with Crippen LogP contribution in [0.4, 0.5) is 5.69 Å². The first-order valence-corrected chi connectivity index (χ1v) is 9.34. The van der Waals surface area contributed by atoms with Gasteiger partial charge in [0, 0.05) is 33.7 Å². The SMILES string of the molecule is Cc1ccc(N2CC(c3nc(-c4cccc(Br)c4)no3)CC2=O)cc1Cl. The highest BCUT2D eigenvalue weighted by molar-refractivity contribution is 9.10. The van der Waals surface area contributed by atoms with Gasteiger partial charge >= 0.3 is 0 Å². The quantitative estimate of drug-likeness (QED) is 0.585. The van der Waals surface area contributed by atoms with Crippen molar-refractivity contribution in [3.05, 3.63) is 63.4 Å². The van der Waals surface area contributed by atoms with Gasteiger partial charge in [0.25, 0.3) is 0 Å². The van der Waals surface area contributed by atoms with Crippen LogP contribution in [0.25, 0.3) is 11.4 Å². The van der Waals surface area contributed by atoms with Crippen molar-refractivity contribution in [3.8, 4) is 11.4 Å². The van der Waals surface area contributed by atoms with E-state index in [0.29, 0.717) is 29.7 Å². The third kappa shape index (κ3) is 3.27. The van der Waals surface area contributed by atoms with E-state index in [4.69, 9.17) is 16.1 Å². The molecule has 0 N–H and O–H groups in total. The van der Waals surface area contributed by atoms with Gasteiger partial charge in [0.05, 0.1) is 5.92 Å². The number of anilines is 1. The number of hydrogen-bond donors (Lipinski definition) is 0.